The van der Waals surface area contributed by atoms with Gasteiger partial charge in [-0.2, -0.15) is 0 Å². The van der Waals surface area contributed by atoms with Gasteiger partial charge in [-0.3, -0.25) is 4.90 Å². The number of rotatable bonds is 8. The van der Waals surface area contributed by atoms with Crippen molar-refractivity contribution in [2.24, 2.45) is 0 Å². The third-order valence-electron chi connectivity index (χ3n) is 3.20. The van der Waals surface area contributed by atoms with Gasteiger partial charge in [0.05, 0.1) is 6.61 Å². The van der Waals surface area contributed by atoms with Crippen molar-refractivity contribution >= 4 is 0 Å². The average Bonchev–Trinajstić information content (AvgIpc) is 2.39. The Kier molecular flexibility index (Phi) is 6.76. The number of nitrogens with zero attached hydrogens (tertiary/aromatic N) is 1. The molecule has 1 N–H and O–H groups in total. The Bertz CT molecular complexity index is 392. The van der Waals surface area contributed by atoms with E-state index in [2.05, 4.69) is 44.4 Å². The maximum Gasteiger partial charge on any atom is 0.119 e. The lowest BCUT2D eigenvalue weighted by atomic mass is 9.87. The Morgan fingerprint density at radius 1 is 1.20 bits per heavy atom. The summed E-state index contributed by atoms with van der Waals surface area (Å²) >= 11 is 0. The van der Waals surface area contributed by atoms with Gasteiger partial charge in [-0.15, -0.1) is 6.58 Å². The largest absolute Gasteiger partial charge is 0.492 e. The summed E-state index contributed by atoms with van der Waals surface area (Å²) in [7, 11) is 0. The predicted molar refractivity (Wildman–Crippen MR) is 84.4 cm³/mol. The van der Waals surface area contributed by atoms with Gasteiger partial charge in [0.15, 0.2) is 0 Å². The van der Waals surface area contributed by atoms with E-state index in [0.717, 1.165) is 18.8 Å². The molecular formula is C17H27NO2. The molecule has 0 aromatic heterocycles. The first-order valence-electron chi connectivity index (χ1n) is 7.15. The molecule has 0 radical (unpaired) electrons. The number of aliphatic hydroxyl groups excluding tert-OH is 1. The Hall–Kier alpha value is -1.32. The van der Waals surface area contributed by atoms with E-state index in [1.807, 2.05) is 18.2 Å². The van der Waals surface area contributed by atoms with Crippen molar-refractivity contribution in [2.75, 3.05) is 32.8 Å². The molecule has 112 valence electrons. The molecule has 3 nitrogen and oxygen atoms in total. The predicted octanol–water partition coefficient (Wildman–Crippen LogP) is 2.84. The lowest BCUT2D eigenvalue weighted by Gasteiger charge is -2.20. The average molecular weight is 277 g/mol. The number of aliphatic hydroxyl groups is 1. The van der Waals surface area contributed by atoms with Crippen LogP contribution in [0.4, 0.5) is 0 Å². The zero-order chi connectivity index (χ0) is 15.0. The minimum atomic E-state index is 0.161. The molecule has 0 atom stereocenters. The van der Waals surface area contributed by atoms with Gasteiger partial charge in [0, 0.05) is 19.6 Å². The second kappa shape index (κ2) is 8.08. The Morgan fingerprint density at radius 3 is 2.35 bits per heavy atom. The standard InChI is InChI=1S/C17H27NO2/c1-5-10-18(11-13-19)12-14-20-16-8-6-15(7-9-16)17(2,3)4/h5-9,19H,1,10-14H2,2-4H3. The molecule has 0 aliphatic heterocycles. The van der Waals surface area contributed by atoms with Gasteiger partial charge in [0.25, 0.3) is 0 Å². The molecule has 0 spiro atoms. The molecule has 1 aromatic rings. The summed E-state index contributed by atoms with van der Waals surface area (Å²) < 4.78 is 5.74. The summed E-state index contributed by atoms with van der Waals surface area (Å²) in [4.78, 5) is 2.11. The lowest BCUT2D eigenvalue weighted by molar-refractivity contribution is 0.180. The van der Waals surface area contributed by atoms with Crippen LogP contribution in [0.2, 0.25) is 0 Å². The summed E-state index contributed by atoms with van der Waals surface area (Å²) in [5.74, 6) is 0.889. The first-order valence-corrected chi connectivity index (χ1v) is 7.15. The van der Waals surface area contributed by atoms with Crippen molar-refractivity contribution in [3.05, 3.63) is 42.5 Å². The molecule has 0 saturated carbocycles. The zero-order valence-electron chi connectivity index (χ0n) is 12.9. The molecule has 1 aromatic carbocycles. The summed E-state index contributed by atoms with van der Waals surface area (Å²) in [6.45, 7) is 13.3. The van der Waals surface area contributed by atoms with Crippen molar-refractivity contribution in [3.63, 3.8) is 0 Å². The minimum Gasteiger partial charge on any atom is -0.492 e. The molecule has 0 heterocycles. The molecular weight excluding hydrogens is 250 g/mol. The third kappa shape index (κ3) is 5.76. The van der Waals surface area contributed by atoms with E-state index in [9.17, 15) is 0 Å². The fraction of sp³-hybridized carbons (Fsp3) is 0.529. The topological polar surface area (TPSA) is 32.7 Å². The van der Waals surface area contributed by atoms with Crippen LogP contribution in [-0.2, 0) is 5.41 Å². The molecule has 0 saturated heterocycles. The third-order valence-corrected chi connectivity index (χ3v) is 3.20. The van der Waals surface area contributed by atoms with Crippen LogP contribution >= 0.6 is 0 Å². The fourth-order valence-electron chi connectivity index (χ4n) is 1.96. The molecule has 3 heteroatoms. The highest BCUT2D eigenvalue weighted by atomic mass is 16.5. The van der Waals surface area contributed by atoms with Crippen LogP contribution in [0.1, 0.15) is 26.3 Å². The van der Waals surface area contributed by atoms with Crippen LogP contribution in [0.15, 0.2) is 36.9 Å². The summed E-state index contributed by atoms with van der Waals surface area (Å²) in [6.07, 6.45) is 1.84. The van der Waals surface area contributed by atoms with Crippen molar-refractivity contribution in [1.82, 2.24) is 4.90 Å². The number of ether oxygens (including phenoxy) is 1. The molecule has 0 aliphatic carbocycles. The number of hydrogen-bond donors (Lipinski definition) is 1. The maximum absolute atomic E-state index is 8.97. The van der Waals surface area contributed by atoms with E-state index >= 15 is 0 Å². The fourth-order valence-corrected chi connectivity index (χ4v) is 1.96. The van der Waals surface area contributed by atoms with E-state index in [-0.39, 0.29) is 12.0 Å². The van der Waals surface area contributed by atoms with Gasteiger partial charge in [-0.25, -0.2) is 0 Å². The molecule has 20 heavy (non-hydrogen) atoms. The molecule has 0 aliphatic rings. The quantitative estimate of drug-likeness (QED) is 0.742. The van der Waals surface area contributed by atoms with E-state index < -0.39 is 0 Å². The normalized spacial score (nSPS) is 11.7. The first kappa shape index (κ1) is 16.7. The Labute approximate surface area is 122 Å². The summed E-state index contributed by atoms with van der Waals surface area (Å²) in [5, 5.41) is 8.97. The molecule has 0 amide bonds. The second-order valence-electron chi connectivity index (χ2n) is 5.94. The molecule has 0 bridgehead atoms. The van der Waals surface area contributed by atoms with Crippen LogP contribution < -0.4 is 4.74 Å². The van der Waals surface area contributed by atoms with Crippen LogP contribution in [0.5, 0.6) is 5.75 Å². The molecule has 1 rings (SSSR count). The van der Waals surface area contributed by atoms with Gasteiger partial charge in [-0.1, -0.05) is 39.0 Å². The highest BCUT2D eigenvalue weighted by Gasteiger charge is 2.12. The SMILES string of the molecule is C=CCN(CCO)CCOc1ccc(C(C)(C)C)cc1. The van der Waals surface area contributed by atoms with Gasteiger partial charge in [0.1, 0.15) is 12.4 Å². The first-order chi connectivity index (χ1) is 9.47. The van der Waals surface area contributed by atoms with Gasteiger partial charge < -0.3 is 9.84 Å². The van der Waals surface area contributed by atoms with Gasteiger partial charge in [0.2, 0.25) is 0 Å². The van der Waals surface area contributed by atoms with Gasteiger partial charge >= 0.3 is 0 Å². The highest BCUT2D eigenvalue weighted by Crippen LogP contribution is 2.24. The van der Waals surface area contributed by atoms with E-state index in [1.165, 1.54) is 5.56 Å². The second-order valence-corrected chi connectivity index (χ2v) is 5.94. The maximum atomic E-state index is 8.97. The van der Waals surface area contributed by atoms with Gasteiger partial charge in [-0.05, 0) is 23.1 Å². The zero-order valence-corrected chi connectivity index (χ0v) is 12.9. The van der Waals surface area contributed by atoms with E-state index in [1.54, 1.807) is 0 Å². The minimum absolute atomic E-state index is 0.161. The van der Waals surface area contributed by atoms with Crippen LogP contribution in [0, 0.1) is 0 Å². The Morgan fingerprint density at radius 2 is 1.85 bits per heavy atom. The van der Waals surface area contributed by atoms with Crippen molar-refractivity contribution in [1.29, 1.82) is 0 Å². The number of hydrogen-bond acceptors (Lipinski definition) is 3. The monoisotopic (exact) mass is 277 g/mol. The van der Waals surface area contributed by atoms with Crippen molar-refractivity contribution < 1.29 is 9.84 Å². The van der Waals surface area contributed by atoms with Crippen molar-refractivity contribution in [2.45, 2.75) is 26.2 Å². The highest BCUT2D eigenvalue weighted by molar-refractivity contribution is 5.31. The van der Waals surface area contributed by atoms with Crippen LogP contribution in [0.25, 0.3) is 0 Å². The van der Waals surface area contributed by atoms with E-state index in [0.29, 0.717) is 13.2 Å². The Balaban J connectivity index is 2.43. The van der Waals surface area contributed by atoms with Crippen molar-refractivity contribution in [3.8, 4) is 5.75 Å². The smallest absolute Gasteiger partial charge is 0.119 e. The van der Waals surface area contributed by atoms with Crippen LogP contribution in [-0.4, -0.2) is 42.9 Å². The van der Waals surface area contributed by atoms with Crippen LogP contribution in [0.3, 0.4) is 0 Å². The lowest BCUT2D eigenvalue weighted by Crippen LogP contribution is -2.31. The molecule has 0 unspecified atom stereocenters. The number of benzene rings is 1. The molecule has 0 fully saturated rings. The summed E-state index contributed by atoms with van der Waals surface area (Å²) in [5.41, 5.74) is 1.47. The summed E-state index contributed by atoms with van der Waals surface area (Å²) in [6, 6.07) is 8.27. The van der Waals surface area contributed by atoms with E-state index in [4.69, 9.17) is 9.84 Å².